The van der Waals surface area contributed by atoms with Crippen molar-refractivity contribution in [2.24, 2.45) is 5.92 Å². The van der Waals surface area contributed by atoms with Crippen LogP contribution >= 0.6 is 15.9 Å². The molecule has 1 aliphatic carbocycles. The molecule has 5 aromatic rings. The molecule has 6 rings (SSSR count). The molecule has 1 aromatic carbocycles. The van der Waals surface area contributed by atoms with E-state index in [0.717, 1.165) is 25.0 Å². The van der Waals surface area contributed by atoms with Crippen molar-refractivity contribution in [1.29, 1.82) is 0 Å². The summed E-state index contributed by atoms with van der Waals surface area (Å²) in [5, 5.41) is 12.3. The minimum atomic E-state index is -0.430. The third-order valence-corrected chi connectivity index (χ3v) is 7.24. The van der Waals surface area contributed by atoms with Crippen molar-refractivity contribution in [3.8, 4) is 5.69 Å². The number of aromatic amines is 1. The molecule has 3 N–H and O–H groups in total. The van der Waals surface area contributed by atoms with Gasteiger partial charge in [0.15, 0.2) is 11.5 Å². The summed E-state index contributed by atoms with van der Waals surface area (Å²) in [5.41, 5.74) is 2.37. The third-order valence-electron chi connectivity index (χ3n) is 6.65. The molecule has 0 unspecified atom stereocenters. The highest BCUT2D eigenvalue weighted by molar-refractivity contribution is 9.10. The number of hydrogen-bond donors (Lipinski definition) is 3. The molecule has 0 bridgehead atoms. The smallest absolute Gasteiger partial charge is 0.224 e. The second-order valence-electron chi connectivity index (χ2n) is 9.11. The van der Waals surface area contributed by atoms with E-state index in [2.05, 4.69) is 51.6 Å². The number of rotatable bonds is 7. The number of anilines is 1. The summed E-state index contributed by atoms with van der Waals surface area (Å²) >= 11 is 3.46. The Hall–Kier alpha value is -3.93. The zero-order valence-electron chi connectivity index (χ0n) is 19.7. The zero-order valence-corrected chi connectivity index (χ0v) is 21.2. The first kappa shape index (κ1) is 23.5. The SMILES string of the molecule is O=C(NCCc1cnc[nH]1)[C@@H]1CC[C@@H](Nc2ncc3c(Br)nn(-c4cc(F)c5ncccc5c4)c3n2)C1. The standard InChI is InChI=1S/C25H23BrFN9O/c26-22-19-12-31-25(33-16-4-3-15(8-16)24(37)30-7-5-17-11-28-13-32-17)34-23(19)36(35-22)18-9-14-2-1-6-29-21(14)20(27)10-18/h1-2,6,9-13,15-16H,3-5,7-8H2,(H,28,32)(H,30,37)(H,31,33,34)/t15-,16-/m1/s1. The molecule has 4 heterocycles. The number of fused-ring (bicyclic) bond motifs is 2. The molecular formula is C25H23BrFN9O. The van der Waals surface area contributed by atoms with Gasteiger partial charge in [-0.2, -0.15) is 10.1 Å². The van der Waals surface area contributed by atoms with E-state index < -0.39 is 5.82 Å². The number of amides is 1. The van der Waals surface area contributed by atoms with E-state index in [1.165, 1.54) is 6.07 Å². The van der Waals surface area contributed by atoms with Crippen LogP contribution in [-0.4, -0.2) is 53.2 Å². The molecule has 188 valence electrons. The van der Waals surface area contributed by atoms with Crippen molar-refractivity contribution in [3.63, 3.8) is 0 Å². The molecule has 4 aromatic heterocycles. The summed E-state index contributed by atoms with van der Waals surface area (Å²) in [6.07, 6.45) is 9.69. The topological polar surface area (TPSA) is 126 Å². The maximum atomic E-state index is 14.7. The van der Waals surface area contributed by atoms with Crippen molar-refractivity contribution < 1.29 is 9.18 Å². The Morgan fingerprint density at radius 1 is 1.24 bits per heavy atom. The number of pyridine rings is 1. The predicted molar refractivity (Wildman–Crippen MR) is 140 cm³/mol. The van der Waals surface area contributed by atoms with Crippen molar-refractivity contribution in [1.82, 2.24) is 40.0 Å². The average molecular weight is 564 g/mol. The number of nitrogens with zero attached hydrogens (tertiary/aromatic N) is 6. The van der Waals surface area contributed by atoms with Crippen LogP contribution in [0.5, 0.6) is 0 Å². The number of halogens is 2. The maximum absolute atomic E-state index is 14.7. The van der Waals surface area contributed by atoms with E-state index in [1.54, 1.807) is 35.7 Å². The molecule has 12 heteroatoms. The molecular weight excluding hydrogens is 541 g/mol. The van der Waals surface area contributed by atoms with Gasteiger partial charge in [-0.1, -0.05) is 6.07 Å². The fourth-order valence-corrected chi connectivity index (χ4v) is 5.23. The lowest BCUT2D eigenvalue weighted by Crippen LogP contribution is -2.32. The Morgan fingerprint density at radius 2 is 2.16 bits per heavy atom. The number of nitrogens with one attached hydrogen (secondary N) is 3. The fraction of sp³-hybridized carbons (Fsp3) is 0.280. The van der Waals surface area contributed by atoms with Crippen molar-refractivity contribution in [2.75, 3.05) is 11.9 Å². The molecule has 37 heavy (non-hydrogen) atoms. The minimum Gasteiger partial charge on any atom is -0.355 e. The molecule has 0 spiro atoms. The van der Waals surface area contributed by atoms with Gasteiger partial charge in [-0.25, -0.2) is 19.0 Å². The van der Waals surface area contributed by atoms with Crippen molar-refractivity contribution >= 4 is 49.7 Å². The lowest BCUT2D eigenvalue weighted by Gasteiger charge is -2.14. The van der Waals surface area contributed by atoms with Gasteiger partial charge in [-0.3, -0.25) is 9.78 Å². The van der Waals surface area contributed by atoms with Gasteiger partial charge in [0.1, 0.15) is 10.1 Å². The van der Waals surface area contributed by atoms with E-state index in [0.29, 0.717) is 51.1 Å². The Kier molecular flexibility index (Phi) is 6.25. The van der Waals surface area contributed by atoms with Crippen LogP contribution in [0, 0.1) is 11.7 Å². The molecule has 0 saturated heterocycles. The van der Waals surface area contributed by atoms with Gasteiger partial charge >= 0.3 is 0 Å². The average Bonchev–Trinajstić information content (AvgIpc) is 3.65. The summed E-state index contributed by atoms with van der Waals surface area (Å²) < 4.78 is 16.9. The molecule has 1 fully saturated rings. The van der Waals surface area contributed by atoms with Crippen LogP contribution < -0.4 is 10.6 Å². The maximum Gasteiger partial charge on any atom is 0.224 e. The zero-order chi connectivity index (χ0) is 25.4. The van der Waals surface area contributed by atoms with Crippen molar-refractivity contribution in [3.05, 3.63) is 65.3 Å². The van der Waals surface area contributed by atoms with E-state index in [4.69, 9.17) is 4.98 Å². The van der Waals surface area contributed by atoms with E-state index in [9.17, 15) is 9.18 Å². The lowest BCUT2D eigenvalue weighted by molar-refractivity contribution is -0.124. The van der Waals surface area contributed by atoms with Gasteiger partial charge in [-0.05, 0) is 47.3 Å². The molecule has 10 nitrogen and oxygen atoms in total. The van der Waals surface area contributed by atoms with Crippen LogP contribution in [0.25, 0.3) is 27.6 Å². The van der Waals surface area contributed by atoms with Gasteiger partial charge in [0, 0.05) is 60.7 Å². The van der Waals surface area contributed by atoms with Gasteiger partial charge in [0.2, 0.25) is 11.9 Å². The molecule has 0 radical (unpaired) electrons. The van der Waals surface area contributed by atoms with Crippen LogP contribution in [0.4, 0.5) is 10.3 Å². The number of aromatic nitrogens is 7. The summed E-state index contributed by atoms with van der Waals surface area (Å²) in [7, 11) is 0. The van der Waals surface area contributed by atoms with Crippen LogP contribution in [0.15, 0.2) is 53.8 Å². The number of benzene rings is 1. The highest BCUT2D eigenvalue weighted by Gasteiger charge is 2.30. The van der Waals surface area contributed by atoms with Crippen LogP contribution in [0.3, 0.4) is 0 Å². The normalized spacial score (nSPS) is 17.5. The summed E-state index contributed by atoms with van der Waals surface area (Å²) in [6, 6.07) is 6.87. The Bertz CT molecular complexity index is 1590. The molecule has 1 saturated carbocycles. The Labute approximate surface area is 219 Å². The van der Waals surface area contributed by atoms with Crippen LogP contribution in [-0.2, 0) is 11.2 Å². The largest absolute Gasteiger partial charge is 0.355 e. The molecule has 0 aliphatic heterocycles. The minimum absolute atomic E-state index is 0.0585. The second kappa shape index (κ2) is 9.85. The van der Waals surface area contributed by atoms with E-state index in [1.807, 2.05) is 12.1 Å². The first-order valence-corrected chi connectivity index (χ1v) is 12.8. The number of H-pyrrole nitrogens is 1. The second-order valence-corrected chi connectivity index (χ2v) is 9.86. The number of carbonyl (C=O) groups is 1. The number of imidazole rings is 1. The lowest BCUT2D eigenvalue weighted by atomic mass is 10.1. The highest BCUT2D eigenvalue weighted by atomic mass is 79.9. The van der Waals surface area contributed by atoms with Gasteiger partial charge in [0.25, 0.3) is 0 Å². The Balaban J connectivity index is 1.17. The first-order chi connectivity index (χ1) is 18.0. The molecule has 1 aliphatic rings. The number of carbonyl (C=O) groups excluding carboxylic acids is 1. The summed E-state index contributed by atoms with van der Waals surface area (Å²) in [6.45, 7) is 0.569. The third kappa shape index (κ3) is 4.76. The van der Waals surface area contributed by atoms with Gasteiger partial charge in [-0.15, -0.1) is 0 Å². The van der Waals surface area contributed by atoms with E-state index >= 15 is 0 Å². The summed E-state index contributed by atoms with van der Waals surface area (Å²) in [4.78, 5) is 32.9. The van der Waals surface area contributed by atoms with Crippen molar-refractivity contribution in [2.45, 2.75) is 31.7 Å². The van der Waals surface area contributed by atoms with Crippen LogP contribution in [0.2, 0.25) is 0 Å². The molecule has 1 amide bonds. The van der Waals surface area contributed by atoms with E-state index in [-0.39, 0.29) is 17.9 Å². The predicted octanol–water partition coefficient (Wildman–Crippen LogP) is 3.93. The quantitative estimate of drug-likeness (QED) is 0.274. The van der Waals surface area contributed by atoms with Crippen LogP contribution in [0.1, 0.15) is 25.0 Å². The summed E-state index contributed by atoms with van der Waals surface area (Å²) in [5.74, 6) is 0.0152. The number of hydrogen-bond acceptors (Lipinski definition) is 7. The molecule has 2 atom stereocenters. The van der Waals surface area contributed by atoms with Gasteiger partial charge < -0.3 is 15.6 Å². The monoisotopic (exact) mass is 563 g/mol. The fourth-order valence-electron chi connectivity index (χ4n) is 4.79. The Morgan fingerprint density at radius 3 is 3.03 bits per heavy atom. The highest BCUT2D eigenvalue weighted by Crippen LogP contribution is 2.30. The first-order valence-electron chi connectivity index (χ1n) is 12.0. The van der Waals surface area contributed by atoms with Gasteiger partial charge in [0.05, 0.1) is 17.4 Å².